The van der Waals surface area contributed by atoms with E-state index >= 15 is 0 Å². The molecule has 0 saturated carbocycles. The molecule has 1 amide bonds. The van der Waals surface area contributed by atoms with Gasteiger partial charge in [0.15, 0.2) is 11.6 Å². The molecule has 5 heteroatoms. The highest BCUT2D eigenvalue weighted by Gasteiger charge is 2.16. The van der Waals surface area contributed by atoms with Crippen LogP contribution in [0.25, 0.3) is 0 Å². The Hall–Kier alpha value is -2.43. The van der Waals surface area contributed by atoms with Gasteiger partial charge in [-0.2, -0.15) is 0 Å². The molecule has 0 fully saturated rings. The minimum atomic E-state index is -1.09. The van der Waals surface area contributed by atoms with E-state index in [1.807, 2.05) is 37.3 Å². The Morgan fingerprint density at radius 2 is 1.81 bits per heavy atom. The third kappa shape index (κ3) is 3.78. The van der Waals surface area contributed by atoms with Crippen LogP contribution in [0.4, 0.5) is 14.5 Å². The van der Waals surface area contributed by atoms with Gasteiger partial charge in [0.25, 0.3) is 5.91 Å². The van der Waals surface area contributed by atoms with E-state index in [4.69, 9.17) is 5.73 Å². The van der Waals surface area contributed by atoms with Crippen molar-refractivity contribution in [3.63, 3.8) is 0 Å². The van der Waals surface area contributed by atoms with Gasteiger partial charge in [-0.1, -0.05) is 30.3 Å². The molecule has 0 aliphatic heterocycles. The molecular formula is C16H16F2N2O. The molecule has 0 saturated heterocycles. The molecule has 0 heterocycles. The SMILES string of the molecule is CC(Cc1ccccc1)NC(=O)c1cc(F)c(F)cc1N. The van der Waals surface area contributed by atoms with E-state index in [1.54, 1.807) is 0 Å². The summed E-state index contributed by atoms with van der Waals surface area (Å²) in [5.41, 5.74) is 6.48. The molecule has 0 aliphatic rings. The zero-order chi connectivity index (χ0) is 15.4. The van der Waals surface area contributed by atoms with Crippen molar-refractivity contribution >= 4 is 11.6 Å². The third-order valence-electron chi connectivity index (χ3n) is 3.10. The Morgan fingerprint density at radius 3 is 2.48 bits per heavy atom. The summed E-state index contributed by atoms with van der Waals surface area (Å²) in [5, 5.41) is 2.72. The normalized spacial score (nSPS) is 12.0. The number of benzene rings is 2. The highest BCUT2D eigenvalue weighted by molar-refractivity contribution is 5.99. The van der Waals surface area contributed by atoms with Gasteiger partial charge in [0.05, 0.1) is 5.56 Å². The summed E-state index contributed by atoms with van der Waals surface area (Å²) < 4.78 is 26.2. The van der Waals surface area contributed by atoms with Crippen molar-refractivity contribution in [1.29, 1.82) is 0 Å². The summed E-state index contributed by atoms with van der Waals surface area (Å²) >= 11 is 0. The van der Waals surface area contributed by atoms with Crippen molar-refractivity contribution < 1.29 is 13.6 Å². The first-order valence-electron chi connectivity index (χ1n) is 6.56. The van der Waals surface area contributed by atoms with Crippen molar-refractivity contribution in [2.75, 3.05) is 5.73 Å². The van der Waals surface area contributed by atoms with Crippen LogP contribution in [-0.2, 0) is 6.42 Å². The van der Waals surface area contributed by atoms with Gasteiger partial charge in [0, 0.05) is 17.8 Å². The van der Waals surface area contributed by atoms with E-state index in [1.165, 1.54) is 0 Å². The van der Waals surface area contributed by atoms with E-state index in [0.29, 0.717) is 6.42 Å². The standard InChI is InChI=1S/C16H16F2N2O/c1-10(7-11-5-3-2-4-6-11)20-16(21)12-8-13(17)14(18)9-15(12)19/h2-6,8-10H,7,19H2,1H3,(H,20,21). The van der Waals surface area contributed by atoms with Gasteiger partial charge in [-0.3, -0.25) is 4.79 Å². The summed E-state index contributed by atoms with van der Waals surface area (Å²) in [6.45, 7) is 1.83. The number of nitrogen functional groups attached to an aromatic ring is 1. The number of hydrogen-bond acceptors (Lipinski definition) is 2. The Bertz CT molecular complexity index is 644. The number of anilines is 1. The maximum absolute atomic E-state index is 13.2. The smallest absolute Gasteiger partial charge is 0.253 e. The molecule has 3 nitrogen and oxygen atoms in total. The Morgan fingerprint density at radius 1 is 1.19 bits per heavy atom. The first kappa shape index (κ1) is 15.0. The predicted octanol–water partition coefficient (Wildman–Crippen LogP) is 2.91. The van der Waals surface area contributed by atoms with Gasteiger partial charge in [0.2, 0.25) is 0 Å². The van der Waals surface area contributed by atoms with Crippen molar-refractivity contribution in [3.05, 3.63) is 65.2 Å². The second-order valence-corrected chi connectivity index (χ2v) is 4.92. The lowest BCUT2D eigenvalue weighted by Gasteiger charge is -2.15. The average molecular weight is 290 g/mol. The Balaban J connectivity index is 2.06. The van der Waals surface area contributed by atoms with Gasteiger partial charge in [-0.15, -0.1) is 0 Å². The number of amides is 1. The fourth-order valence-electron chi connectivity index (χ4n) is 2.08. The summed E-state index contributed by atoms with van der Waals surface area (Å²) in [6.07, 6.45) is 0.635. The lowest BCUT2D eigenvalue weighted by Crippen LogP contribution is -2.34. The fourth-order valence-corrected chi connectivity index (χ4v) is 2.08. The molecule has 1 unspecified atom stereocenters. The van der Waals surface area contributed by atoms with Crippen LogP contribution < -0.4 is 11.1 Å². The highest BCUT2D eigenvalue weighted by atomic mass is 19.2. The van der Waals surface area contributed by atoms with Crippen LogP contribution in [0.5, 0.6) is 0 Å². The Kier molecular flexibility index (Phi) is 4.52. The summed E-state index contributed by atoms with van der Waals surface area (Å²) in [4.78, 5) is 12.0. The second-order valence-electron chi connectivity index (χ2n) is 4.92. The predicted molar refractivity (Wildman–Crippen MR) is 77.8 cm³/mol. The molecule has 0 radical (unpaired) electrons. The maximum atomic E-state index is 13.2. The Labute approximate surface area is 121 Å². The average Bonchev–Trinajstić information content (AvgIpc) is 2.43. The molecule has 0 spiro atoms. The van der Waals surface area contributed by atoms with Crippen LogP contribution in [0.1, 0.15) is 22.8 Å². The van der Waals surface area contributed by atoms with Crippen molar-refractivity contribution in [3.8, 4) is 0 Å². The number of halogens is 2. The first-order chi connectivity index (χ1) is 9.97. The monoisotopic (exact) mass is 290 g/mol. The number of nitrogens with one attached hydrogen (secondary N) is 1. The van der Waals surface area contributed by atoms with Gasteiger partial charge in [-0.05, 0) is 25.0 Å². The molecule has 0 bridgehead atoms. The number of nitrogens with two attached hydrogens (primary N) is 1. The maximum Gasteiger partial charge on any atom is 0.253 e. The molecule has 2 rings (SSSR count). The molecule has 0 aromatic heterocycles. The van der Waals surface area contributed by atoms with Crippen LogP contribution >= 0.6 is 0 Å². The summed E-state index contributed by atoms with van der Waals surface area (Å²) in [6, 6.07) is 11.1. The largest absolute Gasteiger partial charge is 0.398 e. The highest BCUT2D eigenvalue weighted by Crippen LogP contribution is 2.17. The van der Waals surface area contributed by atoms with Gasteiger partial charge in [-0.25, -0.2) is 8.78 Å². The quantitative estimate of drug-likeness (QED) is 0.851. The van der Waals surface area contributed by atoms with E-state index in [9.17, 15) is 13.6 Å². The fraction of sp³-hybridized carbons (Fsp3) is 0.188. The third-order valence-corrected chi connectivity index (χ3v) is 3.10. The molecule has 2 aromatic rings. The molecule has 0 aliphatic carbocycles. The number of carbonyl (C=O) groups is 1. The zero-order valence-electron chi connectivity index (χ0n) is 11.6. The van der Waals surface area contributed by atoms with E-state index in [0.717, 1.165) is 17.7 Å². The number of hydrogen-bond donors (Lipinski definition) is 2. The molecule has 3 N–H and O–H groups in total. The lowest BCUT2D eigenvalue weighted by molar-refractivity contribution is 0.0940. The van der Waals surface area contributed by atoms with Crippen LogP contribution in [0.2, 0.25) is 0 Å². The summed E-state index contributed by atoms with van der Waals surface area (Å²) in [5.74, 6) is -2.68. The van der Waals surface area contributed by atoms with Crippen LogP contribution in [0.15, 0.2) is 42.5 Å². The topological polar surface area (TPSA) is 55.1 Å². The molecule has 110 valence electrons. The van der Waals surface area contributed by atoms with E-state index in [-0.39, 0.29) is 17.3 Å². The van der Waals surface area contributed by atoms with Gasteiger partial charge < -0.3 is 11.1 Å². The van der Waals surface area contributed by atoms with Crippen LogP contribution in [0.3, 0.4) is 0 Å². The van der Waals surface area contributed by atoms with Gasteiger partial charge >= 0.3 is 0 Å². The zero-order valence-corrected chi connectivity index (χ0v) is 11.6. The molecule has 21 heavy (non-hydrogen) atoms. The molecule has 2 aromatic carbocycles. The van der Waals surface area contributed by atoms with E-state index < -0.39 is 17.5 Å². The molecule has 1 atom stereocenters. The number of rotatable bonds is 4. The van der Waals surface area contributed by atoms with Crippen molar-refractivity contribution in [1.82, 2.24) is 5.32 Å². The van der Waals surface area contributed by atoms with Crippen molar-refractivity contribution in [2.45, 2.75) is 19.4 Å². The van der Waals surface area contributed by atoms with Crippen LogP contribution in [-0.4, -0.2) is 11.9 Å². The number of carbonyl (C=O) groups excluding carboxylic acids is 1. The summed E-state index contributed by atoms with van der Waals surface area (Å²) in [7, 11) is 0. The minimum absolute atomic E-state index is 0.0613. The molecular weight excluding hydrogens is 274 g/mol. The second kappa shape index (κ2) is 6.35. The van der Waals surface area contributed by atoms with Gasteiger partial charge in [0.1, 0.15) is 0 Å². The van der Waals surface area contributed by atoms with Crippen molar-refractivity contribution in [2.24, 2.45) is 0 Å². The van der Waals surface area contributed by atoms with E-state index in [2.05, 4.69) is 5.32 Å². The lowest BCUT2D eigenvalue weighted by atomic mass is 10.1. The van der Waals surface area contributed by atoms with Crippen LogP contribution in [0, 0.1) is 11.6 Å². The first-order valence-corrected chi connectivity index (χ1v) is 6.56. The minimum Gasteiger partial charge on any atom is -0.398 e.